The Hall–Kier alpha value is -2.83. The first-order chi connectivity index (χ1) is 14.4. The van der Waals surface area contributed by atoms with Crippen molar-refractivity contribution in [3.63, 3.8) is 0 Å². The predicted molar refractivity (Wildman–Crippen MR) is 120 cm³/mol. The number of hydrogen-bond donors (Lipinski definition) is 1. The van der Waals surface area contributed by atoms with Crippen LogP contribution in [0.5, 0.6) is 0 Å². The molecule has 0 radical (unpaired) electrons. The van der Waals surface area contributed by atoms with Crippen LogP contribution in [0.4, 0.5) is 15.8 Å². The number of amides is 2. The van der Waals surface area contributed by atoms with E-state index in [-0.39, 0.29) is 28.6 Å². The maximum atomic E-state index is 14.4. The second-order valence-electron chi connectivity index (χ2n) is 6.94. The number of halogens is 2. The van der Waals surface area contributed by atoms with E-state index < -0.39 is 5.82 Å². The summed E-state index contributed by atoms with van der Waals surface area (Å²) in [6.07, 6.45) is 0. The molecule has 0 aliphatic carbocycles. The molecule has 4 rings (SSSR count). The van der Waals surface area contributed by atoms with Gasteiger partial charge in [-0.15, -0.1) is 11.8 Å². The number of carbonyl (C=O) groups is 2. The van der Waals surface area contributed by atoms with E-state index in [1.807, 2.05) is 19.1 Å². The zero-order valence-electron chi connectivity index (χ0n) is 16.1. The lowest BCUT2D eigenvalue weighted by Gasteiger charge is -2.25. The summed E-state index contributed by atoms with van der Waals surface area (Å²) in [5.74, 6) is -0.582. The maximum Gasteiger partial charge on any atom is 0.257 e. The highest BCUT2D eigenvalue weighted by Gasteiger charge is 2.35. The molecule has 7 heteroatoms. The summed E-state index contributed by atoms with van der Waals surface area (Å²) in [5.41, 5.74) is 3.01. The molecule has 1 atom stereocenters. The van der Waals surface area contributed by atoms with Gasteiger partial charge in [-0.3, -0.25) is 14.5 Å². The van der Waals surface area contributed by atoms with Gasteiger partial charge in [-0.1, -0.05) is 41.9 Å². The summed E-state index contributed by atoms with van der Waals surface area (Å²) in [7, 11) is 0. The molecule has 1 fully saturated rings. The van der Waals surface area contributed by atoms with E-state index >= 15 is 0 Å². The van der Waals surface area contributed by atoms with Crippen molar-refractivity contribution in [3.05, 3.63) is 94.3 Å². The third-order valence-corrected chi connectivity index (χ3v) is 6.34. The smallest absolute Gasteiger partial charge is 0.257 e. The first kappa shape index (κ1) is 20.4. The van der Waals surface area contributed by atoms with Crippen molar-refractivity contribution >= 4 is 46.6 Å². The van der Waals surface area contributed by atoms with Crippen molar-refractivity contribution in [2.24, 2.45) is 0 Å². The number of nitrogens with zero attached hydrogens (tertiary/aromatic N) is 1. The predicted octanol–water partition coefficient (Wildman–Crippen LogP) is 5.82. The van der Waals surface area contributed by atoms with Gasteiger partial charge in [-0.25, -0.2) is 4.39 Å². The minimum Gasteiger partial charge on any atom is -0.322 e. The van der Waals surface area contributed by atoms with E-state index in [1.54, 1.807) is 48.5 Å². The number of rotatable bonds is 4. The number of benzene rings is 3. The summed E-state index contributed by atoms with van der Waals surface area (Å²) >= 11 is 7.52. The minimum atomic E-state index is -0.426. The van der Waals surface area contributed by atoms with E-state index in [4.69, 9.17) is 11.6 Å². The van der Waals surface area contributed by atoms with Crippen molar-refractivity contribution in [1.82, 2.24) is 0 Å². The molecule has 1 heterocycles. The van der Waals surface area contributed by atoms with Crippen molar-refractivity contribution in [3.8, 4) is 0 Å². The highest BCUT2D eigenvalue weighted by atomic mass is 35.5. The van der Waals surface area contributed by atoms with Gasteiger partial charge in [-0.2, -0.15) is 0 Å². The van der Waals surface area contributed by atoms with Crippen LogP contribution in [-0.2, 0) is 4.79 Å². The Morgan fingerprint density at radius 3 is 2.60 bits per heavy atom. The fourth-order valence-corrected chi connectivity index (χ4v) is 4.70. The van der Waals surface area contributed by atoms with Gasteiger partial charge in [0.05, 0.1) is 22.0 Å². The molecule has 0 bridgehead atoms. The SMILES string of the molecule is Cc1ccc(F)c(N2C(=O)CS[C@@H]2c2ccc(NC(=O)c3ccccc3Cl)cc2)c1. The zero-order valence-corrected chi connectivity index (χ0v) is 17.6. The quantitative estimate of drug-likeness (QED) is 0.556. The van der Waals surface area contributed by atoms with Crippen LogP contribution in [0.2, 0.25) is 5.02 Å². The number of anilines is 2. The molecule has 4 nitrogen and oxygen atoms in total. The van der Waals surface area contributed by atoms with Crippen molar-refractivity contribution in [2.45, 2.75) is 12.3 Å². The summed E-state index contributed by atoms with van der Waals surface area (Å²) < 4.78 is 14.4. The van der Waals surface area contributed by atoms with E-state index in [1.165, 1.54) is 22.7 Å². The van der Waals surface area contributed by atoms with Gasteiger partial charge in [0.25, 0.3) is 5.91 Å². The Labute approximate surface area is 183 Å². The first-order valence-electron chi connectivity index (χ1n) is 9.29. The average molecular weight is 441 g/mol. The largest absolute Gasteiger partial charge is 0.322 e. The standard InChI is InChI=1S/C23H18ClFN2O2S/c1-14-6-11-19(25)20(12-14)27-21(28)13-30-23(27)15-7-9-16(10-8-15)26-22(29)17-4-2-3-5-18(17)24/h2-12,23H,13H2,1H3,(H,26,29)/t23-/m1/s1. The summed E-state index contributed by atoms with van der Waals surface area (Å²) in [5, 5.41) is 2.86. The van der Waals surface area contributed by atoms with Gasteiger partial charge < -0.3 is 5.32 Å². The van der Waals surface area contributed by atoms with Crippen LogP contribution < -0.4 is 10.2 Å². The van der Waals surface area contributed by atoms with Gasteiger partial charge in [0.2, 0.25) is 5.91 Å². The maximum absolute atomic E-state index is 14.4. The third-order valence-electron chi connectivity index (χ3n) is 4.80. The van der Waals surface area contributed by atoms with Crippen LogP contribution >= 0.6 is 23.4 Å². The Morgan fingerprint density at radius 1 is 1.13 bits per heavy atom. The molecular formula is C23H18ClFN2O2S. The Bertz CT molecular complexity index is 1120. The van der Waals surface area contributed by atoms with Crippen LogP contribution in [0.25, 0.3) is 0 Å². The minimum absolute atomic E-state index is 0.134. The molecular weight excluding hydrogens is 423 g/mol. The lowest BCUT2D eigenvalue weighted by atomic mass is 10.1. The topological polar surface area (TPSA) is 49.4 Å². The molecule has 0 unspecified atom stereocenters. The van der Waals surface area contributed by atoms with E-state index in [0.29, 0.717) is 16.3 Å². The average Bonchev–Trinajstić information content (AvgIpc) is 3.12. The van der Waals surface area contributed by atoms with Gasteiger partial charge in [-0.05, 0) is 54.4 Å². The van der Waals surface area contributed by atoms with Crippen molar-refractivity contribution in [1.29, 1.82) is 0 Å². The Morgan fingerprint density at radius 2 is 1.87 bits per heavy atom. The second-order valence-corrected chi connectivity index (χ2v) is 8.41. The lowest BCUT2D eigenvalue weighted by Crippen LogP contribution is -2.28. The van der Waals surface area contributed by atoms with Crippen LogP contribution in [0.3, 0.4) is 0 Å². The number of thioether (sulfide) groups is 1. The van der Waals surface area contributed by atoms with Crippen molar-refractivity contribution < 1.29 is 14.0 Å². The van der Waals surface area contributed by atoms with Crippen LogP contribution in [0, 0.1) is 12.7 Å². The van der Waals surface area contributed by atoms with Crippen LogP contribution in [0.15, 0.2) is 66.7 Å². The molecule has 30 heavy (non-hydrogen) atoms. The van der Waals surface area contributed by atoms with Crippen LogP contribution in [-0.4, -0.2) is 17.6 Å². The van der Waals surface area contributed by atoms with Gasteiger partial charge in [0.1, 0.15) is 11.2 Å². The molecule has 3 aromatic rings. The number of carbonyl (C=O) groups excluding carboxylic acids is 2. The number of nitrogens with one attached hydrogen (secondary N) is 1. The number of hydrogen-bond acceptors (Lipinski definition) is 3. The highest BCUT2D eigenvalue weighted by molar-refractivity contribution is 8.00. The molecule has 0 spiro atoms. The van der Waals surface area contributed by atoms with Gasteiger partial charge in [0, 0.05) is 5.69 Å². The molecule has 152 valence electrons. The fraction of sp³-hybridized carbons (Fsp3) is 0.130. The molecule has 1 saturated heterocycles. The molecule has 0 aromatic heterocycles. The molecule has 1 N–H and O–H groups in total. The van der Waals surface area contributed by atoms with Gasteiger partial charge >= 0.3 is 0 Å². The first-order valence-corrected chi connectivity index (χ1v) is 10.7. The van der Waals surface area contributed by atoms with Crippen LogP contribution in [0.1, 0.15) is 26.9 Å². The zero-order chi connectivity index (χ0) is 21.3. The summed E-state index contributed by atoms with van der Waals surface area (Å²) in [6.45, 7) is 1.86. The highest BCUT2D eigenvalue weighted by Crippen LogP contribution is 2.43. The van der Waals surface area contributed by atoms with Gasteiger partial charge in [0.15, 0.2) is 0 Å². The fourth-order valence-electron chi connectivity index (χ4n) is 3.31. The summed E-state index contributed by atoms with van der Waals surface area (Å²) in [6, 6.07) is 18.8. The summed E-state index contributed by atoms with van der Waals surface area (Å²) in [4.78, 5) is 26.4. The Kier molecular flexibility index (Phi) is 5.79. The Balaban J connectivity index is 1.56. The van der Waals surface area contributed by atoms with Crippen molar-refractivity contribution in [2.75, 3.05) is 16.0 Å². The second kappa shape index (κ2) is 8.50. The molecule has 1 aliphatic rings. The molecule has 3 aromatic carbocycles. The normalized spacial score (nSPS) is 16.0. The third kappa shape index (κ3) is 4.06. The van der Waals surface area contributed by atoms with E-state index in [9.17, 15) is 14.0 Å². The lowest BCUT2D eigenvalue weighted by molar-refractivity contribution is -0.115. The molecule has 2 amide bonds. The number of aryl methyl sites for hydroxylation is 1. The van der Waals surface area contributed by atoms with E-state index in [2.05, 4.69) is 5.32 Å². The molecule has 1 aliphatic heterocycles. The van der Waals surface area contributed by atoms with E-state index in [0.717, 1.165) is 11.1 Å². The monoisotopic (exact) mass is 440 g/mol. The molecule has 0 saturated carbocycles.